The van der Waals surface area contributed by atoms with Crippen LogP contribution in [0.15, 0.2) is 0 Å². The number of rotatable bonds is 4. The van der Waals surface area contributed by atoms with Crippen molar-refractivity contribution >= 4 is 0 Å². The fourth-order valence-corrected chi connectivity index (χ4v) is 3.10. The summed E-state index contributed by atoms with van der Waals surface area (Å²) in [5.74, 6) is 0.927. The fraction of sp³-hybridized carbons (Fsp3) is 1.00. The molecule has 0 atom stereocenters. The van der Waals surface area contributed by atoms with Crippen molar-refractivity contribution in [3.63, 3.8) is 0 Å². The first-order chi connectivity index (χ1) is 7.68. The van der Waals surface area contributed by atoms with Crippen LogP contribution in [0.1, 0.15) is 60.2 Å². The van der Waals surface area contributed by atoms with Crippen LogP contribution in [0, 0.1) is 11.3 Å². The minimum Gasteiger partial charge on any atom is -1.00 e. The molecular weight excluding hydrogens is 207 g/mol. The smallest absolute Gasteiger partial charge is 1.00 e. The predicted molar refractivity (Wildman–Crippen MR) is 66.4 cm³/mol. The van der Waals surface area contributed by atoms with Gasteiger partial charge in [-0.1, -0.05) is 26.7 Å². The Morgan fingerprint density at radius 3 is 2.24 bits per heavy atom. The molecule has 2 nitrogen and oxygen atoms in total. The molecule has 1 saturated heterocycles. The summed E-state index contributed by atoms with van der Waals surface area (Å²) in [4.78, 5) is 0. The van der Waals surface area contributed by atoms with Crippen molar-refractivity contribution in [2.24, 2.45) is 11.3 Å². The maximum Gasteiger partial charge on any atom is 1.00 e. The third-order valence-electron chi connectivity index (χ3n) is 4.38. The standard InChI is InChI=1S/C14H26O2.Li.H/c1-14(2,12-6-3-4-7-12)9-8-13-15-10-5-11-16-13;;/h12-13H,3-11H2,1-2H3;;/q;+1;-1. The second-order valence-electron chi connectivity index (χ2n) is 6.03. The van der Waals surface area contributed by atoms with E-state index in [1.807, 2.05) is 0 Å². The molecule has 1 heterocycles. The SMILES string of the molecule is CC(C)(CCC1OCCCO1)C1CCCC1.[H-].[Li+]. The van der Waals surface area contributed by atoms with Gasteiger partial charge in [0.1, 0.15) is 0 Å². The third kappa shape index (κ3) is 4.60. The summed E-state index contributed by atoms with van der Waals surface area (Å²) in [6.07, 6.45) is 9.18. The Kier molecular flexibility index (Phi) is 6.59. The second-order valence-corrected chi connectivity index (χ2v) is 6.03. The Hall–Kier alpha value is 0.517. The van der Waals surface area contributed by atoms with Crippen LogP contribution in [-0.4, -0.2) is 19.5 Å². The Labute approximate surface area is 119 Å². The summed E-state index contributed by atoms with van der Waals surface area (Å²) in [5, 5.41) is 0. The molecule has 2 aliphatic rings. The molecule has 0 unspecified atom stereocenters. The van der Waals surface area contributed by atoms with Gasteiger partial charge in [0.25, 0.3) is 0 Å². The Morgan fingerprint density at radius 2 is 1.65 bits per heavy atom. The minimum absolute atomic E-state index is 0. The van der Waals surface area contributed by atoms with Crippen LogP contribution in [-0.2, 0) is 9.47 Å². The molecule has 3 heteroatoms. The molecular formula is C14H27LiO2. The van der Waals surface area contributed by atoms with Gasteiger partial charge in [-0.3, -0.25) is 0 Å². The molecule has 1 aliphatic heterocycles. The normalized spacial score (nSPS) is 23.6. The maximum absolute atomic E-state index is 5.61. The molecule has 1 saturated carbocycles. The van der Waals surface area contributed by atoms with Crippen molar-refractivity contribution in [2.45, 2.75) is 65.1 Å². The molecule has 17 heavy (non-hydrogen) atoms. The van der Waals surface area contributed by atoms with E-state index in [2.05, 4.69) is 13.8 Å². The van der Waals surface area contributed by atoms with Gasteiger partial charge in [-0.05, 0) is 43.4 Å². The molecule has 0 aromatic carbocycles. The van der Waals surface area contributed by atoms with Crippen LogP contribution < -0.4 is 18.9 Å². The number of ether oxygens (including phenoxy) is 2. The van der Waals surface area contributed by atoms with Crippen LogP contribution in [0.5, 0.6) is 0 Å². The van der Waals surface area contributed by atoms with E-state index in [9.17, 15) is 0 Å². The van der Waals surface area contributed by atoms with Gasteiger partial charge in [-0.15, -0.1) is 0 Å². The first-order valence-corrected chi connectivity index (χ1v) is 6.92. The third-order valence-corrected chi connectivity index (χ3v) is 4.38. The molecule has 0 spiro atoms. The van der Waals surface area contributed by atoms with Crippen LogP contribution >= 0.6 is 0 Å². The van der Waals surface area contributed by atoms with Gasteiger partial charge in [0, 0.05) is 0 Å². The van der Waals surface area contributed by atoms with Crippen LogP contribution in [0.4, 0.5) is 0 Å². The second kappa shape index (κ2) is 7.19. The minimum atomic E-state index is 0. The van der Waals surface area contributed by atoms with Gasteiger partial charge >= 0.3 is 18.9 Å². The van der Waals surface area contributed by atoms with Crippen molar-refractivity contribution in [1.82, 2.24) is 0 Å². The Morgan fingerprint density at radius 1 is 1.06 bits per heavy atom. The number of hydrogen-bond acceptors (Lipinski definition) is 2. The van der Waals surface area contributed by atoms with Gasteiger partial charge < -0.3 is 10.9 Å². The first kappa shape index (κ1) is 15.6. The van der Waals surface area contributed by atoms with E-state index in [1.54, 1.807) is 0 Å². The molecule has 0 amide bonds. The van der Waals surface area contributed by atoms with Gasteiger partial charge in [0.05, 0.1) is 13.2 Å². The van der Waals surface area contributed by atoms with Crippen molar-refractivity contribution in [1.29, 1.82) is 0 Å². The Balaban J connectivity index is 0.00000144. The van der Waals surface area contributed by atoms with Crippen molar-refractivity contribution in [3.05, 3.63) is 0 Å². The van der Waals surface area contributed by atoms with Crippen molar-refractivity contribution in [2.75, 3.05) is 13.2 Å². The molecule has 2 rings (SSSR count). The zero-order valence-corrected chi connectivity index (χ0v) is 11.8. The van der Waals surface area contributed by atoms with Crippen LogP contribution in [0.25, 0.3) is 0 Å². The van der Waals surface area contributed by atoms with Crippen LogP contribution in [0.2, 0.25) is 0 Å². The summed E-state index contributed by atoms with van der Waals surface area (Å²) in [7, 11) is 0. The molecule has 0 bridgehead atoms. The van der Waals surface area contributed by atoms with E-state index >= 15 is 0 Å². The first-order valence-electron chi connectivity index (χ1n) is 6.92. The van der Waals surface area contributed by atoms with Crippen molar-refractivity contribution in [3.8, 4) is 0 Å². The summed E-state index contributed by atoms with van der Waals surface area (Å²) < 4.78 is 11.2. The zero-order valence-electron chi connectivity index (χ0n) is 12.8. The Bertz CT molecular complexity index is 212. The number of hydrogen-bond donors (Lipinski definition) is 0. The molecule has 96 valence electrons. The van der Waals surface area contributed by atoms with E-state index in [1.165, 1.54) is 32.1 Å². The van der Waals surface area contributed by atoms with Gasteiger partial charge in [0.15, 0.2) is 6.29 Å². The van der Waals surface area contributed by atoms with Crippen LogP contribution in [0.3, 0.4) is 0 Å². The van der Waals surface area contributed by atoms with E-state index < -0.39 is 0 Å². The molecule has 2 fully saturated rings. The van der Waals surface area contributed by atoms with Gasteiger partial charge in [-0.2, -0.15) is 0 Å². The fourth-order valence-electron chi connectivity index (χ4n) is 3.10. The summed E-state index contributed by atoms with van der Waals surface area (Å²) in [6, 6.07) is 0. The van der Waals surface area contributed by atoms with E-state index in [0.717, 1.165) is 32.0 Å². The molecule has 1 aliphatic carbocycles. The van der Waals surface area contributed by atoms with E-state index in [-0.39, 0.29) is 26.6 Å². The average molecular weight is 234 g/mol. The van der Waals surface area contributed by atoms with E-state index in [0.29, 0.717) is 5.41 Å². The topological polar surface area (TPSA) is 18.5 Å². The molecule has 0 N–H and O–H groups in total. The molecule has 0 aromatic rings. The van der Waals surface area contributed by atoms with Gasteiger partial charge in [0.2, 0.25) is 0 Å². The summed E-state index contributed by atoms with van der Waals surface area (Å²) in [6.45, 7) is 6.61. The molecule has 0 radical (unpaired) electrons. The van der Waals surface area contributed by atoms with Gasteiger partial charge in [-0.25, -0.2) is 0 Å². The summed E-state index contributed by atoms with van der Waals surface area (Å²) >= 11 is 0. The van der Waals surface area contributed by atoms with E-state index in [4.69, 9.17) is 9.47 Å². The largest absolute Gasteiger partial charge is 1.00 e. The quantitative estimate of drug-likeness (QED) is 0.672. The maximum atomic E-state index is 5.61. The van der Waals surface area contributed by atoms with Crippen molar-refractivity contribution < 1.29 is 29.8 Å². The molecule has 0 aromatic heterocycles. The monoisotopic (exact) mass is 234 g/mol. The zero-order chi connectivity index (χ0) is 11.4. The average Bonchev–Trinajstić information content (AvgIpc) is 2.82. The predicted octanol–water partition coefficient (Wildman–Crippen LogP) is 0.863. The summed E-state index contributed by atoms with van der Waals surface area (Å²) in [5.41, 5.74) is 0.473.